The highest BCUT2D eigenvalue weighted by molar-refractivity contribution is 5.97. The second-order valence-electron chi connectivity index (χ2n) is 3.65. The van der Waals surface area contributed by atoms with E-state index in [9.17, 15) is 19.2 Å². The largest absolute Gasteiger partial charge is 0.459 e. The highest BCUT2D eigenvalue weighted by Crippen LogP contribution is 1.99. The van der Waals surface area contributed by atoms with E-state index in [2.05, 4.69) is 10.1 Å². The summed E-state index contributed by atoms with van der Waals surface area (Å²) in [5.41, 5.74) is 4.74. The van der Waals surface area contributed by atoms with Crippen molar-refractivity contribution in [2.45, 2.75) is 13.0 Å². The Labute approximate surface area is 113 Å². The van der Waals surface area contributed by atoms with Gasteiger partial charge in [0.25, 0.3) is 11.8 Å². The van der Waals surface area contributed by atoms with E-state index in [4.69, 9.17) is 10.2 Å². The molecule has 1 atom stereocenters. The third-order valence-corrected chi connectivity index (χ3v) is 2.06. The maximum atomic E-state index is 11.4. The highest BCUT2D eigenvalue weighted by Gasteiger charge is 2.19. The third-order valence-electron chi connectivity index (χ3n) is 2.06. The first-order chi connectivity index (χ1) is 9.40. The molecular weight excluding hydrogens is 270 g/mol. The number of primary amides is 1. The Morgan fingerprint density at radius 3 is 2.65 bits per heavy atom. The summed E-state index contributed by atoms with van der Waals surface area (Å²) in [6, 6.07) is 1.89. The first kappa shape index (κ1) is 15.2. The molecule has 0 saturated carbocycles. The topological polar surface area (TPSA) is 141 Å². The lowest BCUT2D eigenvalue weighted by Gasteiger charge is -2.12. The van der Waals surface area contributed by atoms with Crippen molar-refractivity contribution in [3.8, 4) is 0 Å². The fraction of sp³-hybridized carbons (Fsp3) is 0.273. The Hall–Kier alpha value is -2.84. The number of imide groups is 1. The fourth-order valence-electron chi connectivity index (χ4n) is 1.16. The number of rotatable bonds is 5. The summed E-state index contributed by atoms with van der Waals surface area (Å²) in [6.07, 6.45) is 0.0965. The van der Waals surface area contributed by atoms with Crippen LogP contribution in [0.5, 0.6) is 0 Å². The van der Waals surface area contributed by atoms with Crippen LogP contribution in [0.4, 0.5) is 4.79 Å². The Balaban J connectivity index is 2.35. The van der Waals surface area contributed by atoms with Gasteiger partial charge in [0.15, 0.2) is 11.9 Å². The number of esters is 1. The average molecular weight is 283 g/mol. The van der Waals surface area contributed by atoms with Crippen LogP contribution >= 0.6 is 0 Å². The SMILES string of the molecule is CC(OC(=O)CNC(=O)c1ccco1)C(=O)NC(N)=O. The maximum absolute atomic E-state index is 11.4. The monoisotopic (exact) mass is 283 g/mol. The summed E-state index contributed by atoms with van der Waals surface area (Å²) in [5, 5.41) is 3.99. The van der Waals surface area contributed by atoms with Crippen LogP contribution in [0.2, 0.25) is 0 Å². The standard InChI is InChI=1S/C11H13N3O6/c1-6(9(16)14-11(12)18)20-8(15)5-13-10(17)7-3-2-4-19-7/h2-4,6H,5H2,1H3,(H,13,17)(H3,12,14,16,18). The van der Waals surface area contributed by atoms with Crippen LogP contribution < -0.4 is 16.4 Å². The van der Waals surface area contributed by atoms with Crippen molar-refractivity contribution in [1.29, 1.82) is 0 Å². The molecule has 0 radical (unpaired) electrons. The van der Waals surface area contributed by atoms with E-state index in [1.165, 1.54) is 25.3 Å². The number of ether oxygens (including phenoxy) is 1. The minimum Gasteiger partial charge on any atom is -0.459 e. The van der Waals surface area contributed by atoms with Crippen molar-refractivity contribution in [2.75, 3.05) is 6.54 Å². The number of amides is 4. The van der Waals surface area contributed by atoms with Gasteiger partial charge in [-0.05, 0) is 19.1 Å². The fourth-order valence-corrected chi connectivity index (χ4v) is 1.16. The van der Waals surface area contributed by atoms with Gasteiger partial charge in [0, 0.05) is 0 Å². The third kappa shape index (κ3) is 4.80. The molecule has 20 heavy (non-hydrogen) atoms. The molecule has 0 spiro atoms. The van der Waals surface area contributed by atoms with Gasteiger partial charge in [0.05, 0.1) is 6.26 Å². The zero-order valence-electron chi connectivity index (χ0n) is 10.5. The zero-order chi connectivity index (χ0) is 15.1. The zero-order valence-corrected chi connectivity index (χ0v) is 10.5. The Bertz CT molecular complexity index is 510. The normalized spacial score (nSPS) is 11.2. The molecule has 0 aromatic carbocycles. The first-order valence-electron chi connectivity index (χ1n) is 5.51. The summed E-state index contributed by atoms with van der Waals surface area (Å²) in [5.74, 6) is -2.27. The van der Waals surface area contributed by atoms with Crippen LogP contribution in [0.25, 0.3) is 0 Å². The molecule has 9 nitrogen and oxygen atoms in total. The van der Waals surface area contributed by atoms with E-state index in [1.54, 1.807) is 5.32 Å². The maximum Gasteiger partial charge on any atom is 0.326 e. The van der Waals surface area contributed by atoms with Gasteiger partial charge in [-0.3, -0.25) is 19.7 Å². The van der Waals surface area contributed by atoms with Gasteiger partial charge in [0.1, 0.15) is 6.54 Å². The second kappa shape index (κ2) is 6.92. The molecule has 0 saturated heterocycles. The highest BCUT2D eigenvalue weighted by atomic mass is 16.5. The predicted molar refractivity (Wildman–Crippen MR) is 64.3 cm³/mol. The van der Waals surface area contributed by atoms with Crippen LogP contribution in [0.15, 0.2) is 22.8 Å². The number of urea groups is 1. The van der Waals surface area contributed by atoms with Crippen molar-refractivity contribution in [1.82, 2.24) is 10.6 Å². The van der Waals surface area contributed by atoms with Crippen molar-refractivity contribution in [3.63, 3.8) is 0 Å². The van der Waals surface area contributed by atoms with Crippen molar-refractivity contribution in [2.24, 2.45) is 5.73 Å². The van der Waals surface area contributed by atoms with Crippen molar-refractivity contribution < 1.29 is 28.3 Å². The molecule has 9 heteroatoms. The molecule has 0 aliphatic rings. The van der Waals surface area contributed by atoms with E-state index < -0.39 is 36.5 Å². The van der Waals surface area contributed by atoms with Gasteiger partial charge < -0.3 is 20.2 Å². The molecule has 1 heterocycles. The Morgan fingerprint density at radius 1 is 1.40 bits per heavy atom. The lowest BCUT2D eigenvalue weighted by atomic mass is 10.4. The van der Waals surface area contributed by atoms with Crippen LogP contribution in [-0.4, -0.2) is 36.5 Å². The first-order valence-corrected chi connectivity index (χ1v) is 5.51. The molecular formula is C11H13N3O6. The van der Waals surface area contributed by atoms with Gasteiger partial charge in [-0.15, -0.1) is 0 Å². The van der Waals surface area contributed by atoms with E-state index in [1.807, 2.05) is 0 Å². The molecule has 0 bridgehead atoms. The Morgan fingerprint density at radius 2 is 2.10 bits per heavy atom. The van der Waals surface area contributed by atoms with Gasteiger partial charge in [0.2, 0.25) is 0 Å². The summed E-state index contributed by atoms with van der Waals surface area (Å²) in [7, 11) is 0. The number of carbonyl (C=O) groups is 4. The lowest BCUT2D eigenvalue weighted by Crippen LogP contribution is -2.43. The molecule has 0 aliphatic carbocycles. The smallest absolute Gasteiger partial charge is 0.326 e. The molecule has 1 unspecified atom stereocenters. The van der Waals surface area contributed by atoms with E-state index in [0.29, 0.717) is 0 Å². The number of nitrogens with one attached hydrogen (secondary N) is 2. The van der Waals surface area contributed by atoms with Gasteiger partial charge in [-0.1, -0.05) is 0 Å². The van der Waals surface area contributed by atoms with E-state index in [0.717, 1.165) is 0 Å². The molecule has 4 N–H and O–H groups in total. The lowest BCUT2D eigenvalue weighted by molar-refractivity contribution is -0.153. The van der Waals surface area contributed by atoms with E-state index >= 15 is 0 Å². The average Bonchev–Trinajstić information content (AvgIpc) is 2.88. The Kier molecular flexibility index (Phi) is 5.27. The minimum absolute atomic E-state index is 0.0392. The van der Waals surface area contributed by atoms with Crippen LogP contribution in [-0.2, 0) is 14.3 Å². The molecule has 1 rings (SSSR count). The predicted octanol–water partition coefficient (Wildman–Crippen LogP) is -0.864. The molecule has 0 fully saturated rings. The minimum atomic E-state index is -1.21. The summed E-state index contributed by atoms with van der Waals surface area (Å²) < 4.78 is 9.49. The molecule has 1 aromatic rings. The molecule has 1 aromatic heterocycles. The summed E-state index contributed by atoms with van der Waals surface area (Å²) >= 11 is 0. The molecule has 0 aliphatic heterocycles. The molecule has 4 amide bonds. The number of hydrogen-bond acceptors (Lipinski definition) is 6. The van der Waals surface area contributed by atoms with Gasteiger partial charge in [-0.25, -0.2) is 4.79 Å². The summed E-state index contributed by atoms with van der Waals surface area (Å²) in [6.45, 7) is 0.804. The summed E-state index contributed by atoms with van der Waals surface area (Å²) in [4.78, 5) is 44.4. The van der Waals surface area contributed by atoms with Crippen LogP contribution in [0, 0.1) is 0 Å². The quantitative estimate of drug-likeness (QED) is 0.600. The van der Waals surface area contributed by atoms with E-state index in [-0.39, 0.29) is 5.76 Å². The van der Waals surface area contributed by atoms with Crippen molar-refractivity contribution in [3.05, 3.63) is 24.2 Å². The number of carbonyl (C=O) groups excluding carboxylic acids is 4. The van der Waals surface area contributed by atoms with Crippen molar-refractivity contribution >= 4 is 23.8 Å². The number of hydrogen-bond donors (Lipinski definition) is 3. The van der Waals surface area contributed by atoms with Gasteiger partial charge >= 0.3 is 12.0 Å². The van der Waals surface area contributed by atoms with Crippen LogP contribution in [0.3, 0.4) is 0 Å². The second-order valence-corrected chi connectivity index (χ2v) is 3.65. The number of nitrogens with two attached hydrogens (primary N) is 1. The molecule has 108 valence electrons. The van der Waals surface area contributed by atoms with Crippen LogP contribution in [0.1, 0.15) is 17.5 Å². The number of furan rings is 1. The van der Waals surface area contributed by atoms with Gasteiger partial charge in [-0.2, -0.15) is 0 Å².